The molecular weight excluding hydrogens is 354 g/mol. The van der Waals surface area contributed by atoms with Gasteiger partial charge in [0.15, 0.2) is 5.78 Å². The van der Waals surface area contributed by atoms with Crippen molar-refractivity contribution in [3.8, 4) is 0 Å². The van der Waals surface area contributed by atoms with Gasteiger partial charge in [0, 0.05) is 25.0 Å². The number of piperidine rings is 1. The molecule has 6 aliphatic rings. The van der Waals surface area contributed by atoms with Crippen LogP contribution in [-0.4, -0.2) is 29.3 Å². The third kappa shape index (κ3) is 2.42. The van der Waals surface area contributed by atoms with E-state index in [4.69, 9.17) is 0 Å². The average Bonchev–Trinajstić information content (AvgIpc) is 3.15. The van der Waals surface area contributed by atoms with E-state index < -0.39 is 0 Å². The van der Waals surface area contributed by atoms with Gasteiger partial charge in [0.1, 0.15) is 0 Å². The number of hydrogen-bond acceptors (Lipinski definition) is 2. The van der Waals surface area contributed by atoms with E-state index in [1.807, 2.05) is 0 Å². The summed E-state index contributed by atoms with van der Waals surface area (Å²) >= 11 is 0. The summed E-state index contributed by atoms with van der Waals surface area (Å²) in [4.78, 5) is 15.1. The lowest BCUT2D eigenvalue weighted by Crippen LogP contribution is -2.51. The zero-order valence-corrected chi connectivity index (χ0v) is 19.1. The van der Waals surface area contributed by atoms with Gasteiger partial charge < -0.3 is 0 Å². The lowest BCUT2D eigenvalue weighted by atomic mass is 9.46. The van der Waals surface area contributed by atoms with E-state index in [2.05, 4.69) is 38.7 Å². The van der Waals surface area contributed by atoms with Crippen molar-refractivity contribution in [1.29, 1.82) is 0 Å². The molecule has 160 valence electrons. The molecule has 4 aliphatic carbocycles. The number of nitrogens with zero attached hydrogens (tertiary/aromatic N) is 1. The molecule has 5 fully saturated rings. The molecule has 2 aliphatic heterocycles. The summed E-state index contributed by atoms with van der Waals surface area (Å²) in [6, 6.07) is 1.74. The van der Waals surface area contributed by atoms with Crippen molar-refractivity contribution in [2.45, 2.75) is 97.6 Å². The van der Waals surface area contributed by atoms with Gasteiger partial charge in [-0.05, 0) is 104 Å². The number of carbonyl (C=O) groups excluding carboxylic acids is 1. The lowest BCUT2D eigenvalue weighted by Gasteiger charge is -2.58. The van der Waals surface area contributed by atoms with E-state index in [-0.39, 0.29) is 0 Å². The minimum absolute atomic E-state index is 0.323. The second-order valence-corrected chi connectivity index (χ2v) is 12.6. The first kappa shape index (κ1) is 19.1. The van der Waals surface area contributed by atoms with Crippen molar-refractivity contribution in [2.24, 2.45) is 46.3 Å². The van der Waals surface area contributed by atoms with Crippen LogP contribution in [0.3, 0.4) is 0 Å². The molecule has 0 N–H and O–H groups in total. The lowest BCUT2D eigenvalue weighted by molar-refractivity contribution is -0.117. The van der Waals surface area contributed by atoms with Crippen LogP contribution in [0.1, 0.15) is 85.5 Å². The van der Waals surface area contributed by atoms with E-state index in [1.54, 1.807) is 0 Å². The van der Waals surface area contributed by atoms with Crippen molar-refractivity contribution in [3.63, 3.8) is 0 Å². The van der Waals surface area contributed by atoms with Crippen LogP contribution in [0.2, 0.25) is 0 Å². The third-order valence-corrected chi connectivity index (χ3v) is 11.6. The van der Waals surface area contributed by atoms with E-state index in [0.717, 1.165) is 60.4 Å². The van der Waals surface area contributed by atoms with Gasteiger partial charge in [-0.3, -0.25) is 9.69 Å². The van der Waals surface area contributed by atoms with Gasteiger partial charge >= 0.3 is 0 Å². The van der Waals surface area contributed by atoms with E-state index in [9.17, 15) is 4.79 Å². The standard InChI is InChI=1S/C27H41NO/c1-16-5-8-23-17(2)25-24(28(23)15-16)14-22-20-7-6-18-13-19(29)9-11-26(18,3)21(20)10-12-27(22,25)4/h13,16-17,20-25H,5-12,14-15H2,1-4H3/t16-,17-,20-,21+,22+,23-,24+,25+,26-,27-/m0/s1. The van der Waals surface area contributed by atoms with Gasteiger partial charge in [-0.25, -0.2) is 0 Å². The summed E-state index contributed by atoms with van der Waals surface area (Å²) in [7, 11) is 0. The van der Waals surface area contributed by atoms with Crippen LogP contribution in [-0.2, 0) is 4.79 Å². The smallest absolute Gasteiger partial charge is 0.155 e. The Kier molecular flexibility index (Phi) is 4.09. The molecule has 2 heteroatoms. The number of carbonyl (C=O) groups is 1. The largest absolute Gasteiger partial charge is 0.297 e. The fourth-order valence-corrected chi connectivity index (χ4v) is 10.3. The second kappa shape index (κ2) is 6.21. The molecule has 2 nitrogen and oxygen atoms in total. The molecular formula is C27H41NO. The zero-order valence-electron chi connectivity index (χ0n) is 19.1. The Morgan fingerprint density at radius 2 is 1.79 bits per heavy atom. The maximum absolute atomic E-state index is 12.1. The summed E-state index contributed by atoms with van der Waals surface area (Å²) in [5, 5.41) is 0. The third-order valence-electron chi connectivity index (χ3n) is 11.6. The van der Waals surface area contributed by atoms with Gasteiger partial charge in [-0.2, -0.15) is 0 Å². The molecule has 2 heterocycles. The minimum atomic E-state index is 0.323. The fraction of sp³-hybridized carbons (Fsp3) is 0.889. The minimum Gasteiger partial charge on any atom is -0.297 e. The Bertz CT molecular complexity index is 756. The van der Waals surface area contributed by atoms with Gasteiger partial charge in [0.25, 0.3) is 0 Å². The SMILES string of the molecule is C[C@H]1CC[C@H]2[C@H](C)[C@@H]3[C@@H](C[C@@H]4[C@H]5CCC6=CC(=O)CC[C@]6(C)[C@@H]5CC[C@]34C)N2C1. The number of ketones is 1. The molecule has 0 amide bonds. The highest BCUT2D eigenvalue weighted by Crippen LogP contribution is 2.70. The van der Waals surface area contributed by atoms with E-state index >= 15 is 0 Å². The molecule has 0 aromatic carbocycles. The Hall–Kier alpha value is -0.630. The van der Waals surface area contributed by atoms with Crippen LogP contribution in [0.25, 0.3) is 0 Å². The number of rotatable bonds is 0. The van der Waals surface area contributed by atoms with Crippen LogP contribution >= 0.6 is 0 Å². The predicted octanol–water partition coefficient (Wildman–Crippen LogP) is 5.86. The summed E-state index contributed by atoms with van der Waals surface area (Å²) < 4.78 is 0. The summed E-state index contributed by atoms with van der Waals surface area (Å²) in [5.74, 6) is 5.77. The Morgan fingerprint density at radius 1 is 0.966 bits per heavy atom. The highest BCUT2D eigenvalue weighted by Gasteiger charge is 2.66. The van der Waals surface area contributed by atoms with Crippen LogP contribution in [0.5, 0.6) is 0 Å². The molecule has 0 radical (unpaired) electrons. The summed E-state index contributed by atoms with van der Waals surface area (Å²) in [5.41, 5.74) is 2.41. The van der Waals surface area contributed by atoms with Crippen molar-refractivity contribution in [3.05, 3.63) is 11.6 Å². The highest BCUT2D eigenvalue weighted by atomic mass is 16.1. The first-order valence-electron chi connectivity index (χ1n) is 12.8. The number of hydrogen-bond donors (Lipinski definition) is 0. The average molecular weight is 396 g/mol. The molecule has 0 spiro atoms. The van der Waals surface area contributed by atoms with Crippen LogP contribution < -0.4 is 0 Å². The van der Waals surface area contributed by atoms with Gasteiger partial charge in [-0.1, -0.05) is 33.3 Å². The summed E-state index contributed by atoms with van der Waals surface area (Å²) in [6.45, 7) is 11.7. The Balaban J connectivity index is 1.33. The fourth-order valence-electron chi connectivity index (χ4n) is 10.3. The normalized spacial score (nSPS) is 56.7. The van der Waals surface area contributed by atoms with E-state index in [0.29, 0.717) is 16.6 Å². The molecule has 2 saturated heterocycles. The second-order valence-electron chi connectivity index (χ2n) is 12.6. The van der Waals surface area contributed by atoms with Gasteiger partial charge in [-0.15, -0.1) is 0 Å². The number of fused-ring (bicyclic) bond motifs is 9. The topological polar surface area (TPSA) is 20.3 Å². The molecule has 29 heavy (non-hydrogen) atoms. The molecule has 0 bridgehead atoms. The maximum atomic E-state index is 12.1. The van der Waals surface area contributed by atoms with E-state index in [1.165, 1.54) is 57.1 Å². The van der Waals surface area contributed by atoms with Crippen LogP contribution in [0.15, 0.2) is 11.6 Å². The first-order chi connectivity index (χ1) is 13.8. The molecule has 3 saturated carbocycles. The number of allylic oxidation sites excluding steroid dienone is 1. The van der Waals surface area contributed by atoms with Crippen molar-refractivity contribution >= 4 is 5.78 Å². The maximum Gasteiger partial charge on any atom is 0.155 e. The predicted molar refractivity (Wildman–Crippen MR) is 117 cm³/mol. The van der Waals surface area contributed by atoms with Crippen LogP contribution in [0, 0.1) is 46.3 Å². The van der Waals surface area contributed by atoms with Crippen LogP contribution in [0.4, 0.5) is 0 Å². The van der Waals surface area contributed by atoms with Gasteiger partial charge in [0.05, 0.1) is 0 Å². The molecule has 6 rings (SSSR count). The highest BCUT2D eigenvalue weighted by molar-refractivity contribution is 5.91. The molecule has 0 unspecified atom stereocenters. The first-order valence-corrected chi connectivity index (χ1v) is 12.8. The Labute approximate surface area is 177 Å². The Morgan fingerprint density at radius 3 is 2.62 bits per heavy atom. The molecule has 0 aromatic rings. The monoisotopic (exact) mass is 395 g/mol. The summed E-state index contributed by atoms with van der Waals surface area (Å²) in [6.07, 6.45) is 13.8. The quantitative estimate of drug-likeness (QED) is 0.512. The zero-order chi connectivity index (χ0) is 20.1. The molecule has 0 aromatic heterocycles. The van der Waals surface area contributed by atoms with Crippen molar-refractivity contribution in [2.75, 3.05) is 6.54 Å². The molecule has 10 atom stereocenters. The van der Waals surface area contributed by atoms with Crippen molar-refractivity contribution in [1.82, 2.24) is 4.90 Å². The van der Waals surface area contributed by atoms with Gasteiger partial charge in [0.2, 0.25) is 0 Å². The van der Waals surface area contributed by atoms with Crippen molar-refractivity contribution < 1.29 is 4.79 Å².